The van der Waals surface area contributed by atoms with Crippen LogP contribution >= 0.6 is 11.8 Å². The summed E-state index contributed by atoms with van der Waals surface area (Å²) < 4.78 is 0. The third kappa shape index (κ3) is 4.73. The van der Waals surface area contributed by atoms with Crippen molar-refractivity contribution >= 4 is 17.6 Å². The van der Waals surface area contributed by atoms with E-state index in [2.05, 4.69) is 21.9 Å². The summed E-state index contributed by atoms with van der Waals surface area (Å²) in [6, 6.07) is 0.0344. The molecule has 100 valence electrons. The van der Waals surface area contributed by atoms with Crippen LogP contribution in [-0.2, 0) is 0 Å². The van der Waals surface area contributed by atoms with Gasteiger partial charge in [-0.15, -0.1) is 0 Å². The van der Waals surface area contributed by atoms with Gasteiger partial charge in [0, 0.05) is 38.5 Å². The molecule has 1 atom stereocenters. The van der Waals surface area contributed by atoms with E-state index in [-0.39, 0.29) is 6.04 Å². The molecule has 0 spiro atoms. The number of nitrogens with two attached hydrogens (primary N) is 1. The molecule has 1 unspecified atom stereocenters. The molecule has 0 aromatic rings. The molecule has 17 heavy (non-hydrogen) atoms. The molecule has 0 aliphatic carbocycles. The largest absolute Gasteiger partial charge is 0.409 e. The van der Waals surface area contributed by atoms with Crippen LogP contribution in [0.4, 0.5) is 0 Å². The van der Waals surface area contributed by atoms with Gasteiger partial charge in [-0.1, -0.05) is 12.1 Å². The number of thioether (sulfide) groups is 1. The predicted octanol–water partition coefficient (Wildman–Crippen LogP) is 0.492. The molecule has 0 amide bonds. The summed E-state index contributed by atoms with van der Waals surface area (Å²) in [6.07, 6.45) is 0. The zero-order valence-electron chi connectivity index (χ0n) is 10.8. The second-order valence-electron chi connectivity index (χ2n) is 4.28. The quantitative estimate of drug-likeness (QED) is 0.239. The first kappa shape index (κ1) is 14.6. The molecular weight excluding hydrogens is 236 g/mol. The third-order valence-electron chi connectivity index (χ3n) is 3.25. The molecule has 0 aromatic carbocycles. The number of oxime groups is 1. The van der Waals surface area contributed by atoms with Gasteiger partial charge >= 0.3 is 0 Å². The number of amidine groups is 1. The van der Waals surface area contributed by atoms with Crippen LogP contribution in [0.15, 0.2) is 5.16 Å². The van der Waals surface area contributed by atoms with Crippen molar-refractivity contribution in [2.45, 2.75) is 19.9 Å². The van der Waals surface area contributed by atoms with Crippen LogP contribution in [0.25, 0.3) is 0 Å². The zero-order chi connectivity index (χ0) is 12.7. The second kappa shape index (κ2) is 7.79. The Morgan fingerprint density at radius 2 is 2.06 bits per heavy atom. The Balaban J connectivity index is 2.25. The lowest BCUT2D eigenvalue weighted by molar-refractivity contribution is 0.126. The van der Waals surface area contributed by atoms with E-state index in [0.29, 0.717) is 5.84 Å². The molecule has 6 heteroatoms. The standard InChI is InChI=1S/C11H24N4OS/c1-3-17-9-8-14-4-6-15(7-5-14)10(2)11(12)13-16/h10,16H,3-9H2,1-2H3,(H2,12,13). The molecule has 1 rings (SSSR count). The van der Waals surface area contributed by atoms with E-state index in [0.717, 1.165) is 26.2 Å². The van der Waals surface area contributed by atoms with Gasteiger partial charge in [0.1, 0.15) is 0 Å². The fourth-order valence-electron chi connectivity index (χ4n) is 1.98. The summed E-state index contributed by atoms with van der Waals surface area (Å²) in [6.45, 7) is 9.49. The first-order chi connectivity index (χ1) is 8.19. The Bertz CT molecular complexity index is 242. The van der Waals surface area contributed by atoms with Gasteiger partial charge in [0.2, 0.25) is 0 Å². The van der Waals surface area contributed by atoms with Gasteiger partial charge in [0.15, 0.2) is 5.84 Å². The van der Waals surface area contributed by atoms with Gasteiger partial charge in [-0.3, -0.25) is 9.80 Å². The lowest BCUT2D eigenvalue weighted by Gasteiger charge is -2.37. The monoisotopic (exact) mass is 260 g/mol. The Morgan fingerprint density at radius 1 is 1.41 bits per heavy atom. The zero-order valence-corrected chi connectivity index (χ0v) is 11.6. The van der Waals surface area contributed by atoms with Crippen molar-refractivity contribution in [2.24, 2.45) is 10.9 Å². The highest BCUT2D eigenvalue weighted by atomic mass is 32.2. The van der Waals surface area contributed by atoms with E-state index in [1.165, 1.54) is 18.1 Å². The molecule has 1 aliphatic rings. The third-order valence-corrected chi connectivity index (χ3v) is 4.13. The minimum Gasteiger partial charge on any atom is -0.409 e. The summed E-state index contributed by atoms with van der Waals surface area (Å²) in [5.41, 5.74) is 5.62. The van der Waals surface area contributed by atoms with Crippen molar-refractivity contribution in [2.75, 3.05) is 44.2 Å². The van der Waals surface area contributed by atoms with Crippen LogP contribution in [0.3, 0.4) is 0 Å². The van der Waals surface area contributed by atoms with Crippen molar-refractivity contribution in [1.29, 1.82) is 0 Å². The summed E-state index contributed by atoms with van der Waals surface area (Å²) in [5, 5.41) is 11.7. The molecule has 1 heterocycles. The number of hydrogen-bond donors (Lipinski definition) is 2. The van der Waals surface area contributed by atoms with Gasteiger partial charge < -0.3 is 10.9 Å². The molecule has 5 nitrogen and oxygen atoms in total. The van der Waals surface area contributed by atoms with Crippen LogP contribution in [0.2, 0.25) is 0 Å². The number of rotatable bonds is 6. The summed E-state index contributed by atoms with van der Waals surface area (Å²) in [7, 11) is 0. The van der Waals surface area contributed by atoms with Crippen molar-refractivity contribution < 1.29 is 5.21 Å². The van der Waals surface area contributed by atoms with Crippen molar-refractivity contribution in [3.63, 3.8) is 0 Å². The predicted molar refractivity (Wildman–Crippen MR) is 73.9 cm³/mol. The number of hydrogen-bond acceptors (Lipinski definition) is 5. The molecule has 1 aliphatic heterocycles. The van der Waals surface area contributed by atoms with Crippen LogP contribution in [0.5, 0.6) is 0 Å². The lowest BCUT2D eigenvalue weighted by atomic mass is 10.2. The molecular formula is C11H24N4OS. The minimum absolute atomic E-state index is 0.0344. The van der Waals surface area contributed by atoms with Crippen LogP contribution in [-0.4, -0.2) is 71.1 Å². The Kier molecular flexibility index (Phi) is 6.69. The van der Waals surface area contributed by atoms with E-state index in [1.54, 1.807) is 0 Å². The molecule has 3 N–H and O–H groups in total. The van der Waals surface area contributed by atoms with Crippen molar-refractivity contribution in [3.8, 4) is 0 Å². The highest BCUT2D eigenvalue weighted by Gasteiger charge is 2.22. The van der Waals surface area contributed by atoms with Gasteiger partial charge in [-0.25, -0.2) is 0 Å². The maximum atomic E-state index is 8.65. The molecule has 1 fully saturated rings. The minimum atomic E-state index is 0.0344. The molecule has 1 saturated heterocycles. The Labute approximate surface area is 108 Å². The maximum Gasteiger partial charge on any atom is 0.156 e. The first-order valence-corrected chi connectivity index (χ1v) is 7.36. The summed E-state index contributed by atoms with van der Waals surface area (Å²) >= 11 is 1.99. The van der Waals surface area contributed by atoms with E-state index in [9.17, 15) is 0 Å². The Hall–Kier alpha value is -0.460. The molecule has 0 aromatic heterocycles. The number of piperazine rings is 1. The van der Waals surface area contributed by atoms with Gasteiger partial charge in [0.05, 0.1) is 6.04 Å². The average molecular weight is 260 g/mol. The van der Waals surface area contributed by atoms with E-state index in [1.807, 2.05) is 18.7 Å². The number of nitrogens with zero attached hydrogens (tertiary/aromatic N) is 3. The average Bonchev–Trinajstić information content (AvgIpc) is 2.38. The summed E-state index contributed by atoms with van der Waals surface area (Å²) in [5.74, 6) is 2.72. The van der Waals surface area contributed by atoms with Gasteiger partial charge in [-0.05, 0) is 12.7 Å². The van der Waals surface area contributed by atoms with Crippen LogP contribution < -0.4 is 5.73 Å². The van der Waals surface area contributed by atoms with E-state index < -0.39 is 0 Å². The molecule has 0 saturated carbocycles. The van der Waals surface area contributed by atoms with Crippen LogP contribution in [0, 0.1) is 0 Å². The van der Waals surface area contributed by atoms with Crippen molar-refractivity contribution in [3.05, 3.63) is 0 Å². The topological polar surface area (TPSA) is 65.1 Å². The Morgan fingerprint density at radius 3 is 2.59 bits per heavy atom. The fraction of sp³-hybridized carbons (Fsp3) is 0.909. The SMILES string of the molecule is CCSCCN1CCN(C(C)C(N)=NO)CC1. The van der Waals surface area contributed by atoms with Crippen LogP contribution in [0.1, 0.15) is 13.8 Å². The van der Waals surface area contributed by atoms with E-state index >= 15 is 0 Å². The lowest BCUT2D eigenvalue weighted by Crippen LogP contribution is -2.53. The summed E-state index contributed by atoms with van der Waals surface area (Å²) in [4.78, 5) is 4.75. The smallest absolute Gasteiger partial charge is 0.156 e. The highest BCUT2D eigenvalue weighted by molar-refractivity contribution is 7.99. The van der Waals surface area contributed by atoms with Gasteiger partial charge in [0.25, 0.3) is 0 Å². The maximum absolute atomic E-state index is 8.65. The highest BCUT2D eigenvalue weighted by Crippen LogP contribution is 2.08. The normalized spacial score (nSPS) is 21.6. The second-order valence-corrected chi connectivity index (χ2v) is 5.67. The molecule has 0 bridgehead atoms. The van der Waals surface area contributed by atoms with Gasteiger partial charge in [-0.2, -0.15) is 11.8 Å². The first-order valence-electron chi connectivity index (χ1n) is 6.20. The molecule has 0 radical (unpaired) electrons. The van der Waals surface area contributed by atoms with Crippen molar-refractivity contribution in [1.82, 2.24) is 9.80 Å². The van der Waals surface area contributed by atoms with E-state index in [4.69, 9.17) is 10.9 Å². The fourth-order valence-corrected chi connectivity index (χ4v) is 2.66.